The van der Waals surface area contributed by atoms with Crippen molar-refractivity contribution in [3.8, 4) is 0 Å². The third-order valence-corrected chi connectivity index (χ3v) is 3.04. The number of carboxylic acid groups (broad SMARTS) is 1. The van der Waals surface area contributed by atoms with Gasteiger partial charge in [0.2, 0.25) is 11.8 Å². The summed E-state index contributed by atoms with van der Waals surface area (Å²) in [6.07, 6.45) is 1.58. The lowest BCUT2D eigenvalue weighted by Gasteiger charge is -2.22. The number of carbonyl (C=O) groups excluding carboxylic acids is 3. The van der Waals surface area contributed by atoms with E-state index < -0.39 is 29.9 Å². The number of carboxylic acids is 1. The zero-order chi connectivity index (χ0) is 15.1. The van der Waals surface area contributed by atoms with Crippen molar-refractivity contribution in [1.29, 1.82) is 0 Å². The van der Waals surface area contributed by atoms with E-state index in [0.717, 1.165) is 0 Å². The quantitative estimate of drug-likeness (QED) is 0.494. The summed E-state index contributed by atoms with van der Waals surface area (Å²) in [6.45, 7) is 1.86. The van der Waals surface area contributed by atoms with Crippen LogP contribution in [0.15, 0.2) is 0 Å². The average molecular weight is 285 g/mol. The van der Waals surface area contributed by atoms with E-state index in [9.17, 15) is 19.2 Å². The summed E-state index contributed by atoms with van der Waals surface area (Å²) in [5, 5.41) is 15.9. The van der Waals surface area contributed by atoms with E-state index in [4.69, 9.17) is 5.11 Å². The second-order valence-electron chi connectivity index (χ2n) is 4.68. The molecule has 0 aromatic heterocycles. The first-order valence-corrected chi connectivity index (χ1v) is 6.55. The Kier molecular flexibility index (Phi) is 5.95. The van der Waals surface area contributed by atoms with Crippen molar-refractivity contribution in [2.24, 2.45) is 5.92 Å². The van der Waals surface area contributed by atoms with Crippen LogP contribution in [-0.4, -0.2) is 41.5 Å². The zero-order valence-corrected chi connectivity index (χ0v) is 11.3. The highest BCUT2D eigenvalue weighted by Gasteiger charge is 2.28. The van der Waals surface area contributed by atoms with Gasteiger partial charge in [0.05, 0.1) is 5.92 Å². The van der Waals surface area contributed by atoms with Crippen LogP contribution in [0.1, 0.15) is 32.6 Å². The fraction of sp³-hybridized carbons (Fsp3) is 0.667. The molecule has 0 aliphatic carbocycles. The second kappa shape index (κ2) is 7.46. The maximum Gasteiger partial charge on any atom is 0.315 e. The van der Waals surface area contributed by atoms with Crippen molar-refractivity contribution in [2.45, 2.75) is 38.6 Å². The topological polar surface area (TPSA) is 125 Å². The molecule has 0 aromatic rings. The van der Waals surface area contributed by atoms with Gasteiger partial charge in [0.15, 0.2) is 0 Å². The van der Waals surface area contributed by atoms with Gasteiger partial charge in [0, 0.05) is 13.0 Å². The number of urea groups is 1. The molecule has 1 saturated heterocycles. The first-order chi connectivity index (χ1) is 9.43. The Bertz CT molecular complexity index is 410. The lowest BCUT2D eigenvalue weighted by Crippen LogP contribution is -2.54. The molecule has 2 atom stereocenters. The Morgan fingerprint density at radius 3 is 2.70 bits per heavy atom. The minimum Gasteiger partial charge on any atom is -0.481 e. The Hall–Kier alpha value is -2.12. The molecule has 4 N–H and O–H groups in total. The third-order valence-electron chi connectivity index (χ3n) is 3.04. The maximum absolute atomic E-state index is 11.6. The first kappa shape index (κ1) is 15.9. The Balaban J connectivity index is 2.37. The summed E-state index contributed by atoms with van der Waals surface area (Å²) in [6, 6.07) is -1.37. The number of nitrogens with one attached hydrogen (secondary N) is 3. The van der Waals surface area contributed by atoms with Crippen LogP contribution in [0.2, 0.25) is 0 Å². The number of piperidine rings is 1. The monoisotopic (exact) mass is 285 g/mol. The van der Waals surface area contributed by atoms with E-state index in [0.29, 0.717) is 12.8 Å². The van der Waals surface area contributed by atoms with Crippen LogP contribution in [-0.2, 0) is 14.4 Å². The van der Waals surface area contributed by atoms with Crippen molar-refractivity contribution in [1.82, 2.24) is 16.0 Å². The highest BCUT2D eigenvalue weighted by Crippen LogP contribution is 2.06. The summed E-state index contributed by atoms with van der Waals surface area (Å²) in [5.41, 5.74) is 0. The molecule has 1 fully saturated rings. The van der Waals surface area contributed by atoms with Crippen molar-refractivity contribution >= 4 is 23.8 Å². The SMILES string of the molecule is CCCC(CNC(=O)NC1CCC(=O)NC1=O)C(=O)O. The van der Waals surface area contributed by atoms with Gasteiger partial charge in [-0.15, -0.1) is 0 Å². The number of hydrogen-bond donors (Lipinski definition) is 4. The fourth-order valence-corrected chi connectivity index (χ4v) is 1.92. The van der Waals surface area contributed by atoms with Crippen molar-refractivity contribution < 1.29 is 24.3 Å². The van der Waals surface area contributed by atoms with Gasteiger partial charge >= 0.3 is 12.0 Å². The minimum atomic E-state index is -0.965. The van der Waals surface area contributed by atoms with Crippen LogP contribution in [0, 0.1) is 5.92 Å². The molecule has 0 radical (unpaired) electrons. The fourth-order valence-electron chi connectivity index (χ4n) is 1.92. The highest BCUT2D eigenvalue weighted by atomic mass is 16.4. The van der Waals surface area contributed by atoms with Crippen LogP contribution >= 0.6 is 0 Å². The van der Waals surface area contributed by atoms with E-state index >= 15 is 0 Å². The lowest BCUT2D eigenvalue weighted by molar-refractivity contribution is -0.142. The zero-order valence-electron chi connectivity index (χ0n) is 11.3. The van der Waals surface area contributed by atoms with Crippen LogP contribution in [0.4, 0.5) is 4.79 Å². The molecule has 20 heavy (non-hydrogen) atoms. The molecular weight excluding hydrogens is 266 g/mol. The van der Waals surface area contributed by atoms with Crippen LogP contribution < -0.4 is 16.0 Å². The number of rotatable bonds is 6. The van der Waals surface area contributed by atoms with Crippen molar-refractivity contribution in [2.75, 3.05) is 6.54 Å². The van der Waals surface area contributed by atoms with Crippen LogP contribution in [0.25, 0.3) is 0 Å². The number of carbonyl (C=O) groups is 4. The predicted molar refractivity (Wildman–Crippen MR) is 68.7 cm³/mol. The normalized spacial score (nSPS) is 19.9. The molecule has 0 saturated carbocycles. The number of imide groups is 1. The molecule has 0 spiro atoms. The summed E-state index contributed by atoms with van der Waals surface area (Å²) in [7, 11) is 0. The summed E-state index contributed by atoms with van der Waals surface area (Å²) in [4.78, 5) is 44.9. The lowest BCUT2D eigenvalue weighted by atomic mass is 10.0. The Morgan fingerprint density at radius 2 is 2.15 bits per heavy atom. The smallest absolute Gasteiger partial charge is 0.315 e. The van der Waals surface area contributed by atoms with Crippen LogP contribution in [0.5, 0.6) is 0 Å². The predicted octanol–water partition coefficient (Wildman–Crippen LogP) is -0.408. The average Bonchev–Trinajstić information content (AvgIpc) is 2.37. The van der Waals surface area contributed by atoms with E-state index in [1.165, 1.54) is 0 Å². The van der Waals surface area contributed by atoms with Gasteiger partial charge in [-0.2, -0.15) is 0 Å². The van der Waals surface area contributed by atoms with Gasteiger partial charge in [-0.3, -0.25) is 19.7 Å². The van der Waals surface area contributed by atoms with Crippen molar-refractivity contribution in [3.63, 3.8) is 0 Å². The molecule has 0 bridgehead atoms. The van der Waals surface area contributed by atoms with E-state index in [-0.39, 0.29) is 25.3 Å². The molecule has 0 aromatic carbocycles. The summed E-state index contributed by atoms with van der Waals surface area (Å²) in [5.74, 6) is -2.51. The highest BCUT2D eigenvalue weighted by molar-refractivity contribution is 6.01. The second-order valence-corrected chi connectivity index (χ2v) is 4.68. The molecule has 1 heterocycles. The van der Waals surface area contributed by atoms with Gasteiger partial charge in [-0.25, -0.2) is 4.79 Å². The first-order valence-electron chi connectivity index (χ1n) is 6.55. The maximum atomic E-state index is 11.6. The largest absolute Gasteiger partial charge is 0.481 e. The van der Waals surface area contributed by atoms with Gasteiger partial charge in [-0.1, -0.05) is 13.3 Å². The Labute approximate surface area is 116 Å². The number of hydrogen-bond acceptors (Lipinski definition) is 4. The molecule has 1 aliphatic heterocycles. The van der Waals surface area contributed by atoms with Gasteiger partial charge < -0.3 is 15.7 Å². The standard InChI is InChI=1S/C12H19N3O5/c1-2-3-7(11(18)19)6-13-12(20)14-8-4-5-9(16)15-10(8)17/h7-8H,2-6H2,1H3,(H,18,19)(H2,13,14,20)(H,15,16,17). The molecule has 2 unspecified atom stereocenters. The molecule has 1 rings (SSSR count). The molecule has 4 amide bonds. The molecule has 1 aliphatic rings. The summed E-state index contributed by atoms with van der Waals surface area (Å²) >= 11 is 0. The number of aliphatic carboxylic acids is 1. The van der Waals surface area contributed by atoms with Crippen molar-refractivity contribution in [3.05, 3.63) is 0 Å². The summed E-state index contributed by atoms with van der Waals surface area (Å²) < 4.78 is 0. The number of amides is 4. The van der Waals surface area contributed by atoms with E-state index in [1.807, 2.05) is 6.92 Å². The minimum absolute atomic E-state index is 0.00226. The van der Waals surface area contributed by atoms with E-state index in [1.54, 1.807) is 0 Å². The van der Waals surface area contributed by atoms with E-state index in [2.05, 4.69) is 16.0 Å². The molecule has 112 valence electrons. The Morgan fingerprint density at radius 1 is 1.45 bits per heavy atom. The molecule has 8 nitrogen and oxygen atoms in total. The van der Waals surface area contributed by atoms with Gasteiger partial charge in [-0.05, 0) is 12.8 Å². The van der Waals surface area contributed by atoms with Crippen LogP contribution in [0.3, 0.4) is 0 Å². The molecular formula is C12H19N3O5. The van der Waals surface area contributed by atoms with Gasteiger partial charge in [0.25, 0.3) is 0 Å². The molecule has 8 heteroatoms. The third kappa shape index (κ3) is 4.87. The van der Waals surface area contributed by atoms with Gasteiger partial charge in [0.1, 0.15) is 6.04 Å².